The molecule has 0 saturated heterocycles. The number of carbonyl (C=O) groups is 2. The third-order valence-corrected chi connectivity index (χ3v) is 1.48. The van der Waals surface area contributed by atoms with Gasteiger partial charge in [0.15, 0.2) is 0 Å². The van der Waals surface area contributed by atoms with E-state index in [0.29, 0.717) is 0 Å². The Labute approximate surface area is 145 Å². The summed E-state index contributed by atoms with van der Waals surface area (Å²) in [5.74, 6) is -4.22. The number of rotatable bonds is 5. The Morgan fingerprint density at radius 3 is 1.12 bits per heavy atom. The van der Waals surface area contributed by atoms with Crippen molar-refractivity contribution in [2.45, 2.75) is 24.4 Å². The second kappa shape index (κ2) is 9.98. The fourth-order valence-electron chi connectivity index (χ4n) is 0.652. The molecule has 8 nitrogen and oxygen atoms in total. The molecular weight excluding hydrogens is 246 g/mol. The zero-order valence-corrected chi connectivity index (χ0v) is 11.9. The molecule has 16 heavy (non-hydrogen) atoms. The average molecular weight is 254 g/mol. The molecule has 0 aromatic heterocycles. The van der Waals surface area contributed by atoms with Crippen molar-refractivity contribution in [3.63, 3.8) is 0 Å². The number of carboxylic acid groups (broad SMARTS) is 2. The van der Waals surface area contributed by atoms with Crippen LogP contribution in [0, 0.1) is 0 Å². The van der Waals surface area contributed by atoms with Crippen molar-refractivity contribution >= 4 is 11.9 Å². The Balaban J connectivity index is -0.000000845. The van der Waals surface area contributed by atoms with Crippen LogP contribution in [0.2, 0.25) is 0 Å². The fraction of sp³-hybridized carbons (Fsp3) is 0.667. The molecule has 82 valence electrons. The average Bonchev–Trinajstić information content (AvgIpc) is 2.12. The van der Waals surface area contributed by atoms with Crippen molar-refractivity contribution < 1.29 is 110 Å². The van der Waals surface area contributed by atoms with Crippen LogP contribution in [0.4, 0.5) is 0 Å². The molecule has 4 atom stereocenters. The summed E-state index contributed by atoms with van der Waals surface area (Å²) in [4.78, 5) is 19.9. The first-order valence-electron chi connectivity index (χ1n) is 3.43. The molecule has 0 unspecified atom stereocenters. The van der Waals surface area contributed by atoms with Crippen molar-refractivity contribution in [2.24, 2.45) is 0 Å². The van der Waals surface area contributed by atoms with Gasteiger partial charge in [-0.1, -0.05) is 0 Å². The monoisotopic (exact) mass is 254 g/mol. The van der Waals surface area contributed by atoms with Gasteiger partial charge in [-0.15, -0.1) is 0 Å². The first-order chi connectivity index (χ1) is 6.29. The summed E-state index contributed by atoms with van der Waals surface area (Å²) in [6.45, 7) is 0. The number of hydrogen-bond donors (Lipinski definition) is 4. The minimum Gasteiger partial charge on any atom is -0.547 e. The smallest absolute Gasteiger partial charge is 0.547 e. The van der Waals surface area contributed by atoms with Crippen LogP contribution in [0.15, 0.2) is 0 Å². The maximum atomic E-state index is 9.96. The second-order valence-corrected chi connectivity index (χ2v) is 2.51. The van der Waals surface area contributed by atoms with E-state index in [0.717, 1.165) is 0 Å². The van der Waals surface area contributed by atoms with Gasteiger partial charge in [0.2, 0.25) is 0 Å². The maximum Gasteiger partial charge on any atom is 1.00 e. The summed E-state index contributed by atoms with van der Waals surface area (Å²) < 4.78 is 0. The topological polar surface area (TPSA) is 161 Å². The second-order valence-electron chi connectivity index (χ2n) is 2.51. The Bertz CT molecular complexity index is 213. The molecule has 0 fully saturated rings. The van der Waals surface area contributed by atoms with Crippen LogP contribution in [0.5, 0.6) is 0 Å². The normalized spacial score (nSPS) is 17.0. The molecule has 0 bridgehead atoms. The molecule has 10 heteroatoms. The predicted octanol–water partition coefficient (Wildman–Crippen LogP) is -12.1. The van der Waals surface area contributed by atoms with Crippen molar-refractivity contribution in [1.82, 2.24) is 0 Å². The summed E-state index contributed by atoms with van der Waals surface area (Å²) in [5, 5.41) is 54.7. The van der Waals surface area contributed by atoms with Crippen molar-refractivity contribution in [3.8, 4) is 0 Å². The summed E-state index contributed by atoms with van der Waals surface area (Å²) in [6.07, 6.45) is -9.76. The van der Waals surface area contributed by atoms with Crippen LogP contribution >= 0.6 is 0 Å². The van der Waals surface area contributed by atoms with Gasteiger partial charge < -0.3 is 40.2 Å². The molecule has 0 aromatic carbocycles. The molecule has 0 saturated carbocycles. The van der Waals surface area contributed by atoms with Crippen LogP contribution < -0.4 is 80.5 Å². The van der Waals surface area contributed by atoms with Gasteiger partial charge in [0.1, 0.15) is 24.4 Å². The fourth-order valence-corrected chi connectivity index (χ4v) is 0.652. The van der Waals surface area contributed by atoms with E-state index >= 15 is 0 Å². The Morgan fingerprint density at radius 2 is 1.00 bits per heavy atom. The molecule has 4 N–H and O–H groups in total. The number of hydrogen-bond acceptors (Lipinski definition) is 8. The first-order valence-corrected chi connectivity index (χ1v) is 3.43. The third kappa shape index (κ3) is 6.68. The van der Waals surface area contributed by atoms with E-state index in [4.69, 9.17) is 20.4 Å². The quantitative estimate of drug-likeness (QED) is 0.351. The van der Waals surface area contributed by atoms with Crippen LogP contribution in [0.3, 0.4) is 0 Å². The van der Waals surface area contributed by atoms with Crippen LogP contribution in [0.1, 0.15) is 0 Å². The van der Waals surface area contributed by atoms with Gasteiger partial charge in [0.25, 0.3) is 0 Å². The summed E-state index contributed by atoms with van der Waals surface area (Å²) in [5.41, 5.74) is 0. The van der Waals surface area contributed by atoms with Gasteiger partial charge in [-0.3, -0.25) is 0 Å². The van der Waals surface area contributed by atoms with E-state index in [9.17, 15) is 19.8 Å². The zero-order valence-electron chi connectivity index (χ0n) is 8.73. The predicted molar refractivity (Wildman–Crippen MR) is 34.0 cm³/mol. The Hall–Kier alpha value is 1.01. The molecule has 0 aliphatic carbocycles. The summed E-state index contributed by atoms with van der Waals surface area (Å²) >= 11 is 0. The number of aliphatic hydroxyl groups excluding tert-OH is 4. The van der Waals surface area contributed by atoms with Gasteiger partial charge in [-0.25, -0.2) is 0 Å². The van der Waals surface area contributed by atoms with E-state index < -0.39 is 36.4 Å². The van der Waals surface area contributed by atoms with Gasteiger partial charge in [0, 0.05) is 0 Å². The molecular formula is C6H8KLiO8. The standard InChI is InChI=1S/C6H10O8.K.Li/c7-1(3(9)5(11)12)2(8)4(10)6(13)14;;/h1-4,7-10H,(H,11,12)(H,13,14);;/q;2*+1/p-2/t1-,2+,3+,4-;;. The van der Waals surface area contributed by atoms with Crippen LogP contribution in [0.25, 0.3) is 0 Å². The maximum absolute atomic E-state index is 9.96. The van der Waals surface area contributed by atoms with E-state index in [1.807, 2.05) is 0 Å². The van der Waals surface area contributed by atoms with Crippen LogP contribution in [-0.4, -0.2) is 56.8 Å². The molecule has 0 aliphatic rings. The molecule has 0 heterocycles. The van der Waals surface area contributed by atoms with E-state index in [1.165, 1.54) is 0 Å². The minimum atomic E-state index is -2.50. The third-order valence-electron chi connectivity index (χ3n) is 1.48. The summed E-state index contributed by atoms with van der Waals surface area (Å²) in [7, 11) is 0. The van der Waals surface area contributed by atoms with Gasteiger partial charge >= 0.3 is 70.2 Å². The van der Waals surface area contributed by atoms with Crippen molar-refractivity contribution in [3.05, 3.63) is 0 Å². The number of carbonyl (C=O) groups excluding carboxylic acids is 2. The molecule has 0 spiro atoms. The largest absolute Gasteiger partial charge is 1.00 e. The minimum absolute atomic E-state index is 0. The first kappa shape index (κ1) is 22.2. The molecule has 0 amide bonds. The SMILES string of the molecule is O=C([O-])[C@@H](O)[C@H](O)[C@H](O)[C@@H](O)C(=O)[O-].[K+].[Li+]. The zero-order chi connectivity index (χ0) is 11.5. The number of aliphatic carboxylic acids is 2. The number of aliphatic hydroxyl groups is 4. The molecule has 0 radical (unpaired) electrons. The number of carboxylic acids is 2. The van der Waals surface area contributed by atoms with E-state index in [-0.39, 0.29) is 70.2 Å². The molecule has 0 aromatic rings. The Kier molecular flexibility index (Phi) is 13.9. The van der Waals surface area contributed by atoms with Gasteiger partial charge in [0.05, 0.1) is 11.9 Å². The van der Waals surface area contributed by atoms with Gasteiger partial charge in [-0.05, 0) is 0 Å². The summed E-state index contributed by atoms with van der Waals surface area (Å²) in [6, 6.07) is 0. The van der Waals surface area contributed by atoms with Crippen LogP contribution in [-0.2, 0) is 9.59 Å². The van der Waals surface area contributed by atoms with E-state index in [1.54, 1.807) is 0 Å². The van der Waals surface area contributed by atoms with Gasteiger partial charge in [-0.2, -0.15) is 0 Å². The molecule has 0 aliphatic heterocycles. The van der Waals surface area contributed by atoms with Crippen molar-refractivity contribution in [1.29, 1.82) is 0 Å². The molecule has 0 rings (SSSR count). The van der Waals surface area contributed by atoms with Crippen molar-refractivity contribution in [2.75, 3.05) is 0 Å². The van der Waals surface area contributed by atoms with E-state index in [2.05, 4.69) is 0 Å². The Morgan fingerprint density at radius 1 is 0.812 bits per heavy atom.